The van der Waals surface area contributed by atoms with Gasteiger partial charge in [-0.1, -0.05) is 31.4 Å². The average Bonchev–Trinajstić information content (AvgIpc) is 2.40. The fraction of sp³-hybridized carbons (Fsp3) is 0.571. The van der Waals surface area contributed by atoms with Crippen LogP contribution in [-0.2, 0) is 0 Å². The number of amides is 1. The highest BCUT2D eigenvalue weighted by Crippen LogP contribution is 2.27. The van der Waals surface area contributed by atoms with Gasteiger partial charge in [0.1, 0.15) is 5.15 Å². The zero-order valence-corrected chi connectivity index (χ0v) is 11.9. The first kappa shape index (κ1) is 14.1. The van der Waals surface area contributed by atoms with Gasteiger partial charge in [0.2, 0.25) is 0 Å². The zero-order chi connectivity index (χ0) is 13.8. The normalized spacial score (nSPS) is 23.1. The Hall–Kier alpha value is -1.29. The molecule has 1 saturated carbocycles. The van der Waals surface area contributed by atoms with Crippen LogP contribution in [0.15, 0.2) is 12.3 Å². The molecule has 1 heterocycles. The first-order valence-electron chi connectivity index (χ1n) is 6.75. The summed E-state index contributed by atoms with van der Waals surface area (Å²) in [4.78, 5) is 15.9. The van der Waals surface area contributed by atoms with Crippen molar-refractivity contribution in [3.8, 4) is 0 Å². The van der Waals surface area contributed by atoms with Crippen molar-refractivity contribution in [1.29, 1.82) is 0 Å². The summed E-state index contributed by atoms with van der Waals surface area (Å²) in [6.45, 7) is 3.00. The average molecular weight is 282 g/mol. The maximum Gasteiger partial charge on any atom is 0.253 e. The van der Waals surface area contributed by atoms with Crippen LogP contribution in [0.2, 0.25) is 5.15 Å². The molecule has 1 aromatic heterocycles. The summed E-state index contributed by atoms with van der Waals surface area (Å²) in [7, 11) is 0. The number of hydrogen-bond donors (Lipinski definition) is 2. The Morgan fingerprint density at radius 1 is 1.47 bits per heavy atom. The van der Waals surface area contributed by atoms with Gasteiger partial charge in [-0.05, 0) is 30.7 Å². The molecule has 5 heteroatoms. The highest BCUT2D eigenvalue weighted by atomic mass is 35.5. The lowest BCUT2D eigenvalue weighted by Gasteiger charge is -2.26. The number of rotatable bonds is 3. The minimum absolute atomic E-state index is 0.166. The number of nitrogens with one attached hydrogen (secondary N) is 1. The first-order valence-corrected chi connectivity index (χ1v) is 7.13. The number of nitrogen functional groups attached to an aromatic ring is 1. The Morgan fingerprint density at radius 2 is 2.16 bits per heavy atom. The highest BCUT2D eigenvalue weighted by Gasteiger charge is 2.19. The van der Waals surface area contributed by atoms with Gasteiger partial charge in [0, 0.05) is 6.54 Å². The Bertz CT molecular complexity index is 456. The summed E-state index contributed by atoms with van der Waals surface area (Å²) in [5.41, 5.74) is 6.50. The molecule has 0 spiro atoms. The molecule has 0 aliphatic heterocycles. The molecule has 2 rings (SSSR count). The summed E-state index contributed by atoms with van der Waals surface area (Å²) in [6.07, 6.45) is 6.30. The van der Waals surface area contributed by atoms with Crippen molar-refractivity contribution in [2.45, 2.75) is 32.6 Å². The predicted octanol–water partition coefficient (Wildman–Crippen LogP) is 2.87. The van der Waals surface area contributed by atoms with Gasteiger partial charge in [0.05, 0.1) is 17.4 Å². The molecule has 104 valence electrons. The van der Waals surface area contributed by atoms with Crippen molar-refractivity contribution >= 4 is 23.2 Å². The highest BCUT2D eigenvalue weighted by molar-refractivity contribution is 6.29. The monoisotopic (exact) mass is 281 g/mol. The van der Waals surface area contributed by atoms with E-state index < -0.39 is 0 Å². The van der Waals surface area contributed by atoms with E-state index >= 15 is 0 Å². The van der Waals surface area contributed by atoms with E-state index in [9.17, 15) is 4.79 Å². The van der Waals surface area contributed by atoms with Crippen LogP contribution in [0.3, 0.4) is 0 Å². The van der Waals surface area contributed by atoms with Crippen molar-refractivity contribution in [2.24, 2.45) is 11.8 Å². The van der Waals surface area contributed by atoms with Crippen molar-refractivity contribution in [2.75, 3.05) is 12.3 Å². The molecule has 0 radical (unpaired) electrons. The summed E-state index contributed by atoms with van der Waals surface area (Å²) in [6, 6.07) is 1.51. The number of anilines is 1. The Labute approximate surface area is 118 Å². The summed E-state index contributed by atoms with van der Waals surface area (Å²) in [5, 5.41) is 3.23. The van der Waals surface area contributed by atoms with E-state index in [1.807, 2.05) is 0 Å². The van der Waals surface area contributed by atoms with Gasteiger partial charge in [-0.25, -0.2) is 4.98 Å². The van der Waals surface area contributed by atoms with Crippen LogP contribution in [0.25, 0.3) is 0 Å². The maximum atomic E-state index is 12.0. The third-order valence-corrected chi connectivity index (χ3v) is 4.04. The fourth-order valence-electron chi connectivity index (χ4n) is 2.50. The SMILES string of the molecule is CC1CCC(CNC(=O)c2cc(Cl)ncc2N)CC1. The lowest BCUT2D eigenvalue weighted by atomic mass is 9.83. The molecule has 1 aliphatic carbocycles. The lowest BCUT2D eigenvalue weighted by Crippen LogP contribution is -2.31. The predicted molar refractivity (Wildman–Crippen MR) is 77.1 cm³/mol. The molecule has 0 atom stereocenters. The third-order valence-electron chi connectivity index (χ3n) is 3.83. The van der Waals surface area contributed by atoms with E-state index in [4.69, 9.17) is 17.3 Å². The summed E-state index contributed by atoms with van der Waals surface area (Å²) in [5.74, 6) is 1.24. The number of pyridine rings is 1. The number of aromatic nitrogens is 1. The maximum absolute atomic E-state index is 12.0. The topological polar surface area (TPSA) is 68.0 Å². The molecule has 1 aromatic rings. The number of hydrogen-bond acceptors (Lipinski definition) is 3. The van der Waals surface area contributed by atoms with Gasteiger partial charge >= 0.3 is 0 Å². The number of nitrogens with two attached hydrogens (primary N) is 1. The van der Waals surface area contributed by atoms with Crippen molar-refractivity contribution in [1.82, 2.24) is 10.3 Å². The molecule has 1 aliphatic rings. The molecular formula is C14H20ClN3O. The van der Waals surface area contributed by atoms with Crippen LogP contribution in [-0.4, -0.2) is 17.4 Å². The molecule has 0 bridgehead atoms. The second-order valence-corrected chi connectivity index (χ2v) is 5.82. The van der Waals surface area contributed by atoms with Crippen LogP contribution in [0, 0.1) is 11.8 Å². The number of carbonyl (C=O) groups is 1. The number of nitrogens with zero attached hydrogens (tertiary/aromatic N) is 1. The van der Waals surface area contributed by atoms with Crippen LogP contribution >= 0.6 is 11.6 Å². The fourth-order valence-corrected chi connectivity index (χ4v) is 2.66. The van der Waals surface area contributed by atoms with Gasteiger partial charge in [-0.2, -0.15) is 0 Å². The molecule has 19 heavy (non-hydrogen) atoms. The lowest BCUT2D eigenvalue weighted by molar-refractivity contribution is 0.0942. The molecule has 3 N–H and O–H groups in total. The molecule has 0 unspecified atom stereocenters. The zero-order valence-electron chi connectivity index (χ0n) is 11.2. The number of carbonyl (C=O) groups excluding carboxylic acids is 1. The molecule has 0 aromatic carbocycles. The molecule has 4 nitrogen and oxygen atoms in total. The van der Waals surface area contributed by atoms with E-state index in [0.717, 1.165) is 5.92 Å². The van der Waals surface area contributed by atoms with E-state index in [1.165, 1.54) is 37.9 Å². The summed E-state index contributed by atoms with van der Waals surface area (Å²) >= 11 is 5.78. The van der Waals surface area contributed by atoms with Crippen LogP contribution in [0.1, 0.15) is 43.0 Å². The Morgan fingerprint density at radius 3 is 2.84 bits per heavy atom. The molecule has 1 fully saturated rings. The quantitative estimate of drug-likeness (QED) is 0.837. The second kappa shape index (κ2) is 6.24. The van der Waals surface area contributed by atoms with Gasteiger partial charge < -0.3 is 11.1 Å². The van der Waals surface area contributed by atoms with Crippen LogP contribution in [0.5, 0.6) is 0 Å². The van der Waals surface area contributed by atoms with Gasteiger partial charge in [-0.15, -0.1) is 0 Å². The van der Waals surface area contributed by atoms with E-state index in [-0.39, 0.29) is 11.1 Å². The summed E-state index contributed by atoms with van der Waals surface area (Å²) < 4.78 is 0. The van der Waals surface area contributed by atoms with Crippen LogP contribution in [0.4, 0.5) is 5.69 Å². The smallest absolute Gasteiger partial charge is 0.253 e. The second-order valence-electron chi connectivity index (χ2n) is 5.43. The van der Waals surface area contributed by atoms with E-state index in [1.54, 1.807) is 0 Å². The Kier molecular flexibility index (Phi) is 4.64. The standard InChI is InChI=1S/C14H20ClN3O/c1-9-2-4-10(5-3-9)7-18-14(19)11-6-13(15)17-8-12(11)16/h6,8-10H,2-5,7,16H2,1H3,(H,18,19). The van der Waals surface area contributed by atoms with Crippen molar-refractivity contribution in [3.63, 3.8) is 0 Å². The first-order chi connectivity index (χ1) is 9.06. The van der Waals surface area contributed by atoms with Crippen molar-refractivity contribution < 1.29 is 4.79 Å². The third kappa shape index (κ3) is 3.83. The number of halogens is 1. The minimum Gasteiger partial charge on any atom is -0.397 e. The van der Waals surface area contributed by atoms with Crippen LogP contribution < -0.4 is 11.1 Å². The largest absolute Gasteiger partial charge is 0.397 e. The van der Waals surface area contributed by atoms with Gasteiger partial charge in [0.15, 0.2) is 0 Å². The van der Waals surface area contributed by atoms with E-state index in [0.29, 0.717) is 23.7 Å². The minimum atomic E-state index is -0.166. The molecule has 0 saturated heterocycles. The van der Waals surface area contributed by atoms with Gasteiger partial charge in [0.25, 0.3) is 5.91 Å². The Balaban J connectivity index is 1.89. The van der Waals surface area contributed by atoms with Gasteiger partial charge in [-0.3, -0.25) is 4.79 Å². The van der Waals surface area contributed by atoms with E-state index in [2.05, 4.69) is 17.2 Å². The van der Waals surface area contributed by atoms with Crippen molar-refractivity contribution in [3.05, 3.63) is 23.0 Å². The molecule has 1 amide bonds. The molecular weight excluding hydrogens is 262 g/mol.